The van der Waals surface area contributed by atoms with Crippen molar-refractivity contribution in [3.63, 3.8) is 0 Å². The SMILES string of the molecule is CCN1CCCC(Nc2cccc(F)c2I)CC1. The highest BCUT2D eigenvalue weighted by Gasteiger charge is 2.17. The van der Waals surface area contributed by atoms with Crippen molar-refractivity contribution in [1.29, 1.82) is 0 Å². The normalized spacial score (nSPS) is 21.6. The Morgan fingerprint density at radius 3 is 3.00 bits per heavy atom. The average molecular weight is 362 g/mol. The van der Waals surface area contributed by atoms with Crippen LogP contribution in [0.4, 0.5) is 10.1 Å². The molecule has 0 aromatic heterocycles. The van der Waals surface area contributed by atoms with E-state index in [9.17, 15) is 4.39 Å². The number of hydrogen-bond acceptors (Lipinski definition) is 2. The third kappa shape index (κ3) is 3.57. The molecule has 1 N–H and O–H groups in total. The maximum Gasteiger partial charge on any atom is 0.138 e. The maximum atomic E-state index is 13.5. The van der Waals surface area contributed by atoms with Gasteiger partial charge in [0.25, 0.3) is 0 Å². The lowest BCUT2D eigenvalue weighted by Crippen LogP contribution is -2.26. The summed E-state index contributed by atoms with van der Waals surface area (Å²) in [6.07, 6.45) is 3.53. The highest BCUT2D eigenvalue weighted by atomic mass is 127. The van der Waals surface area contributed by atoms with Crippen LogP contribution in [-0.2, 0) is 0 Å². The lowest BCUT2D eigenvalue weighted by Gasteiger charge is -2.20. The predicted molar refractivity (Wildman–Crippen MR) is 82.5 cm³/mol. The first kappa shape index (κ1) is 14.1. The molecule has 2 nitrogen and oxygen atoms in total. The van der Waals surface area contributed by atoms with Gasteiger partial charge in [0.05, 0.1) is 9.26 Å². The molecule has 0 aliphatic carbocycles. The smallest absolute Gasteiger partial charge is 0.138 e. The minimum absolute atomic E-state index is 0.135. The highest BCUT2D eigenvalue weighted by molar-refractivity contribution is 14.1. The Labute approximate surface area is 122 Å². The summed E-state index contributed by atoms with van der Waals surface area (Å²) in [5.74, 6) is -0.135. The van der Waals surface area contributed by atoms with Gasteiger partial charge in [0.2, 0.25) is 0 Å². The topological polar surface area (TPSA) is 15.3 Å². The van der Waals surface area contributed by atoms with E-state index in [-0.39, 0.29) is 5.82 Å². The number of anilines is 1. The van der Waals surface area contributed by atoms with Crippen LogP contribution in [0.5, 0.6) is 0 Å². The standard InChI is InChI=1S/C14H20FIN2/c1-2-18-9-4-5-11(8-10-18)17-13-7-3-6-12(15)14(13)16/h3,6-7,11,17H,2,4-5,8-10H2,1H3. The van der Waals surface area contributed by atoms with Crippen LogP contribution in [0.2, 0.25) is 0 Å². The minimum atomic E-state index is -0.135. The molecule has 0 spiro atoms. The monoisotopic (exact) mass is 362 g/mol. The van der Waals surface area contributed by atoms with E-state index in [2.05, 4.69) is 39.7 Å². The van der Waals surface area contributed by atoms with Gasteiger partial charge in [0.1, 0.15) is 5.82 Å². The van der Waals surface area contributed by atoms with Crippen LogP contribution in [0.1, 0.15) is 26.2 Å². The molecular weight excluding hydrogens is 342 g/mol. The average Bonchev–Trinajstić information content (AvgIpc) is 2.60. The molecule has 1 fully saturated rings. The van der Waals surface area contributed by atoms with Crippen LogP contribution in [0.25, 0.3) is 0 Å². The Bertz CT molecular complexity index is 397. The Balaban J connectivity index is 1.99. The van der Waals surface area contributed by atoms with Crippen molar-refractivity contribution < 1.29 is 4.39 Å². The van der Waals surface area contributed by atoms with E-state index >= 15 is 0 Å². The van der Waals surface area contributed by atoms with Crippen LogP contribution in [0.15, 0.2) is 18.2 Å². The summed E-state index contributed by atoms with van der Waals surface area (Å²) in [5.41, 5.74) is 0.936. The van der Waals surface area contributed by atoms with Crippen molar-refractivity contribution in [2.75, 3.05) is 25.0 Å². The van der Waals surface area contributed by atoms with E-state index in [0.29, 0.717) is 9.61 Å². The van der Waals surface area contributed by atoms with Gasteiger partial charge in [-0.3, -0.25) is 0 Å². The lowest BCUT2D eigenvalue weighted by atomic mass is 10.1. The van der Waals surface area contributed by atoms with Crippen LogP contribution >= 0.6 is 22.6 Å². The van der Waals surface area contributed by atoms with Gasteiger partial charge >= 0.3 is 0 Å². The van der Waals surface area contributed by atoms with Crippen LogP contribution in [-0.4, -0.2) is 30.6 Å². The van der Waals surface area contributed by atoms with Crippen molar-refractivity contribution in [3.8, 4) is 0 Å². The zero-order valence-electron chi connectivity index (χ0n) is 10.8. The first-order chi connectivity index (χ1) is 8.70. The number of likely N-dealkylation sites (tertiary alicyclic amines) is 1. The van der Waals surface area contributed by atoms with E-state index < -0.39 is 0 Å². The molecular formula is C14H20FIN2. The van der Waals surface area contributed by atoms with Gasteiger partial charge < -0.3 is 10.2 Å². The molecule has 1 aliphatic rings. The van der Waals surface area contributed by atoms with E-state index in [1.54, 1.807) is 6.07 Å². The van der Waals surface area contributed by atoms with Crippen molar-refractivity contribution in [3.05, 3.63) is 27.6 Å². The molecule has 0 radical (unpaired) electrons. The van der Waals surface area contributed by atoms with Gasteiger partial charge in [-0.2, -0.15) is 0 Å². The Morgan fingerprint density at radius 2 is 2.22 bits per heavy atom. The fourth-order valence-electron chi connectivity index (χ4n) is 2.45. The number of nitrogens with zero attached hydrogens (tertiary/aromatic N) is 1. The zero-order valence-corrected chi connectivity index (χ0v) is 12.9. The molecule has 1 saturated heterocycles. The van der Waals surface area contributed by atoms with Crippen LogP contribution in [0, 0.1) is 9.39 Å². The number of benzene rings is 1. The second-order valence-electron chi connectivity index (χ2n) is 4.81. The van der Waals surface area contributed by atoms with Crippen LogP contribution in [0.3, 0.4) is 0 Å². The molecule has 1 aromatic carbocycles. The summed E-state index contributed by atoms with van der Waals surface area (Å²) in [7, 11) is 0. The lowest BCUT2D eigenvalue weighted by molar-refractivity contribution is 0.300. The van der Waals surface area contributed by atoms with E-state index in [4.69, 9.17) is 0 Å². The molecule has 1 aliphatic heterocycles. The number of rotatable bonds is 3. The van der Waals surface area contributed by atoms with Gasteiger partial charge in [-0.15, -0.1) is 0 Å². The van der Waals surface area contributed by atoms with Crippen molar-refractivity contribution in [1.82, 2.24) is 4.90 Å². The molecule has 1 aromatic rings. The van der Waals surface area contributed by atoms with Gasteiger partial charge in [0, 0.05) is 12.6 Å². The minimum Gasteiger partial charge on any atom is -0.381 e. The second-order valence-corrected chi connectivity index (χ2v) is 5.89. The van der Waals surface area contributed by atoms with Crippen molar-refractivity contribution >= 4 is 28.3 Å². The zero-order chi connectivity index (χ0) is 13.0. The molecule has 1 unspecified atom stereocenters. The maximum absolute atomic E-state index is 13.5. The van der Waals surface area contributed by atoms with Crippen molar-refractivity contribution in [2.45, 2.75) is 32.2 Å². The molecule has 2 rings (SSSR count). The van der Waals surface area contributed by atoms with Crippen LogP contribution < -0.4 is 5.32 Å². The second kappa shape index (κ2) is 6.70. The summed E-state index contributed by atoms with van der Waals surface area (Å²) in [6, 6.07) is 5.72. The molecule has 0 amide bonds. The molecule has 4 heteroatoms. The molecule has 0 bridgehead atoms. The fraction of sp³-hybridized carbons (Fsp3) is 0.571. The summed E-state index contributed by atoms with van der Waals surface area (Å²) in [6.45, 7) is 5.67. The van der Waals surface area contributed by atoms with Gasteiger partial charge in [-0.25, -0.2) is 4.39 Å². The first-order valence-corrected chi connectivity index (χ1v) is 7.71. The molecule has 18 heavy (non-hydrogen) atoms. The molecule has 1 heterocycles. The number of hydrogen-bond donors (Lipinski definition) is 1. The summed E-state index contributed by atoms with van der Waals surface area (Å²) in [4.78, 5) is 2.48. The van der Waals surface area contributed by atoms with Gasteiger partial charge in [-0.05, 0) is 67.1 Å². The quantitative estimate of drug-likeness (QED) is 0.825. The molecule has 1 atom stereocenters. The summed E-state index contributed by atoms with van der Waals surface area (Å²) in [5, 5.41) is 3.50. The highest BCUT2D eigenvalue weighted by Crippen LogP contribution is 2.24. The Morgan fingerprint density at radius 1 is 1.39 bits per heavy atom. The summed E-state index contributed by atoms with van der Waals surface area (Å²) >= 11 is 2.07. The summed E-state index contributed by atoms with van der Waals surface area (Å²) < 4.78 is 14.2. The Hall–Kier alpha value is -0.360. The largest absolute Gasteiger partial charge is 0.381 e. The number of nitrogens with one attached hydrogen (secondary N) is 1. The van der Waals surface area contributed by atoms with E-state index in [0.717, 1.165) is 25.2 Å². The van der Waals surface area contributed by atoms with Gasteiger partial charge in [0.15, 0.2) is 0 Å². The fourth-order valence-corrected chi connectivity index (χ4v) is 2.97. The first-order valence-electron chi connectivity index (χ1n) is 6.63. The Kier molecular flexibility index (Phi) is 5.24. The predicted octanol–water partition coefficient (Wildman–Crippen LogP) is 3.72. The van der Waals surface area contributed by atoms with E-state index in [1.165, 1.54) is 25.5 Å². The number of halogens is 2. The van der Waals surface area contributed by atoms with Crippen molar-refractivity contribution in [2.24, 2.45) is 0 Å². The third-order valence-electron chi connectivity index (χ3n) is 3.58. The third-order valence-corrected chi connectivity index (χ3v) is 4.68. The van der Waals surface area contributed by atoms with Gasteiger partial charge in [-0.1, -0.05) is 13.0 Å². The van der Waals surface area contributed by atoms with E-state index in [1.807, 2.05) is 6.07 Å². The molecule has 100 valence electrons. The molecule has 0 saturated carbocycles.